The lowest BCUT2D eigenvalue weighted by Gasteiger charge is -2.27. The number of piperidine rings is 1. The number of aryl methyl sites for hydroxylation is 1. The topological polar surface area (TPSA) is 84.6 Å². The summed E-state index contributed by atoms with van der Waals surface area (Å²) < 4.78 is 6.93. The van der Waals surface area contributed by atoms with Crippen molar-refractivity contribution in [3.8, 4) is 5.75 Å². The Morgan fingerprint density at radius 1 is 1.14 bits per heavy atom. The smallest absolute Gasteiger partial charge is 0.224 e. The molecule has 3 heterocycles. The van der Waals surface area contributed by atoms with Crippen LogP contribution in [0, 0.1) is 0 Å². The van der Waals surface area contributed by atoms with E-state index in [1.54, 1.807) is 17.7 Å². The number of nitrogens with zero attached hydrogens (tertiary/aromatic N) is 5. The van der Waals surface area contributed by atoms with Crippen molar-refractivity contribution in [1.29, 1.82) is 0 Å². The van der Waals surface area contributed by atoms with Crippen molar-refractivity contribution in [1.82, 2.24) is 19.8 Å². The van der Waals surface area contributed by atoms with E-state index in [0.29, 0.717) is 35.8 Å². The zero-order chi connectivity index (χ0) is 19.3. The van der Waals surface area contributed by atoms with E-state index < -0.39 is 0 Å². The highest BCUT2D eigenvalue weighted by Crippen LogP contribution is 2.19. The fraction of sp³-hybridized carbons (Fsp3) is 0.400. The third-order valence-corrected chi connectivity index (χ3v) is 4.92. The minimum atomic E-state index is -0.0859. The Morgan fingerprint density at radius 2 is 2.00 bits per heavy atom. The van der Waals surface area contributed by atoms with Gasteiger partial charge in [-0.15, -0.1) is 15.3 Å². The van der Waals surface area contributed by atoms with Crippen molar-refractivity contribution in [2.75, 3.05) is 30.4 Å². The predicted molar refractivity (Wildman–Crippen MR) is 107 cm³/mol. The predicted octanol–water partition coefficient (Wildman–Crippen LogP) is 2.69. The van der Waals surface area contributed by atoms with Gasteiger partial charge in [0, 0.05) is 37.7 Å². The highest BCUT2D eigenvalue weighted by molar-refractivity contribution is 5.90. The number of benzene rings is 1. The van der Waals surface area contributed by atoms with Gasteiger partial charge in [-0.1, -0.05) is 6.07 Å². The molecular formula is C20H24N6O2. The number of aromatic nitrogens is 4. The molecule has 1 aliphatic heterocycles. The molecule has 1 aliphatic rings. The largest absolute Gasteiger partial charge is 0.497 e. The zero-order valence-electron chi connectivity index (χ0n) is 16.0. The van der Waals surface area contributed by atoms with Gasteiger partial charge in [-0.2, -0.15) is 4.52 Å². The number of hydrogen-bond donors (Lipinski definition) is 1. The minimum absolute atomic E-state index is 0.0859. The third-order valence-electron chi connectivity index (χ3n) is 4.92. The maximum atomic E-state index is 12.3. The summed E-state index contributed by atoms with van der Waals surface area (Å²) in [5, 5.41) is 16.0. The van der Waals surface area contributed by atoms with E-state index in [0.717, 1.165) is 18.9 Å². The molecule has 0 saturated carbocycles. The molecule has 1 saturated heterocycles. The summed E-state index contributed by atoms with van der Waals surface area (Å²) in [4.78, 5) is 14.6. The number of carbonyl (C=O) groups excluding carboxylic acids is 1. The molecule has 3 aromatic rings. The molecule has 1 aromatic carbocycles. The second-order valence-corrected chi connectivity index (χ2v) is 6.91. The molecule has 8 nitrogen and oxygen atoms in total. The number of nitrogens with one attached hydrogen (secondary N) is 1. The first kappa shape index (κ1) is 18.2. The maximum Gasteiger partial charge on any atom is 0.224 e. The molecule has 4 rings (SSSR count). The average molecular weight is 380 g/mol. The Morgan fingerprint density at radius 3 is 2.82 bits per heavy atom. The molecule has 0 unspecified atom stereocenters. The van der Waals surface area contributed by atoms with Crippen LogP contribution in [0.1, 0.15) is 31.5 Å². The van der Waals surface area contributed by atoms with Crippen LogP contribution in [0.4, 0.5) is 11.5 Å². The van der Waals surface area contributed by atoms with Gasteiger partial charge >= 0.3 is 0 Å². The van der Waals surface area contributed by atoms with Crippen LogP contribution in [0.25, 0.3) is 5.65 Å². The molecule has 0 atom stereocenters. The van der Waals surface area contributed by atoms with Crippen molar-refractivity contribution in [3.63, 3.8) is 0 Å². The molecule has 146 valence electrons. The molecular weight excluding hydrogens is 356 g/mol. The Kier molecular flexibility index (Phi) is 5.36. The Balaban J connectivity index is 1.43. The van der Waals surface area contributed by atoms with Crippen LogP contribution in [0.15, 0.2) is 36.4 Å². The van der Waals surface area contributed by atoms with Gasteiger partial charge in [-0.3, -0.25) is 4.79 Å². The quantitative estimate of drug-likeness (QED) is 0.708. The molecule has 0 radical (unpaired) electrons. The SMILES string of the molecule is COc1cccc(NC(=O)CCc2nnc3ccc(N4CCCCC4)nn23)c1. The van der Waals surface area contributed by atoms with Crippen molar-refractivity contribution < 1.29 is 9.53 Å². The fourth-order valence-electron chi connectivity index (χ4n) is 3.42. The van der Waals surface area contributed by atoms with Crippen LogP contribution in [0.2, 0.25) is 0 Å². The molecule has 0 bridgehead atoms. The molecule has 28 heavy (non-hydrogen) atoms. The number of fused-ring (bicyclic) bond motifs is 1. The Hall–Kier alpha value is -3.16. The van der Waals surface area contributed by atoms with Gasteiger partial charge < -0.3 is 15.0 Å². The fourth-order valence-corrected chi connectivity index (χ4v) is 3.42. The molecule has 0 spiro atoms. The van der Waals surface area contributed by atoms with Crippen LogP contribution >= 0.6 is 0 Å². The summed E-state index contributed by atoms with van der Waals surface area (Å²) in [5.74, 6) is 2.25. The van der Waals surface area contributed by atoms with Gasteiger partial charge in [0.2, 0.25) is 5.91 Å². The van der Waals surface area contributed by atoms with Gasteiger partial charge in [-0.25, -0.2) is 0 Å². The number of rotatable bonds is 6. The third kappa shape index (κ3) is 4.05. The summed E-state index contributed by atoms with van der Waals surface area (Å²) in [6, 6.07) is 11.2. The molecule has 1 N–H and O–H groups in total. The number of amides is 1. The number of anilines is 2. The van der Waals surface area contributed by atoms with Gasteiger partial charge in [-0.05, 0) is 43.5 Å². The van der Waals surface area contributed by atoms with E-state index in [1.807, 2.05) is 30.3 Å². The number of ether oxygens (including phenoxy) is 1. The van der Waals surface area contributed by atoms with E-state index in [1.165, 1.54) is 19.3 Å². The maximum absolute atomic E-state index is 12.3. The molecule has 8 heteroatoms. The minimum Gasteiger partial charge on any atom is -0.497 e. The van der Waals surface area contributed by atoms with E-state index in [4.69, 9.17) is 9.84 Å². The summed E-state index contributed by atoms with van der Waals surface area (Å²) in [6.07, 6.45) is 4.43. The highest BCUT2D eigenvalue weighted by atomic mass is 16.5. The Labute approximate surface area is 163 Å². The van der Waals surface area contributed by atoms with E-state index in [-0.39, 0.29) is 5.91 Å². The van der Waals surface area contributed by atoms with Gasteiger partial charge in [0.05, 0.1) is 7.11 Å². The lowest BCUT2D eigenvalue weighted by molar-refractivity contribution is -0.116. The number of hydrogen-bond acceptors (Lipinski definition) is 6. The van der Waals surface area contributed by atoms with Gasteiger partial charge in [0.15, 0.2) is 11.5 Å². The summed E-state index contributed by atoms with van der Waals surface area (Å²) in [6.45, 7) is 2.05. The molecule has 1 fully saturated rings. The lowest BCUT2D eigenvalue weighted by Crippen LogP contribution is -2.30. The van der Waals surface area contributed by atoms with Crippen LogP contribution < -0.4 is 15.0 Å². The Bertz CT molecular complexity index is 964. The first-order valence-corrected chi connectivity index (χ1v) is 9.63. The van der Waals surface area contributed by atoms with Crippen LogP contribution in [0.3, 0.4) is 0 Å². The molecule has 1 amide bonds. The zero-order valence-corrected chi connectivity index (χ0v) is 16.0. The highest BCUT2D eigenvalue weighted by Gasteiger charge is 2.15. The van der Waals surface area contributed by atoms with E-state index in [9.17, 15) is 4.79 Å². The number of methoxy groups -OCH3 is 1. The second kappa shape index (κ2) is 8.24. The normalized spacial score (nSPS) is 14.2. The summed E-state index contributed by atoms with van der Waals surface area (Å²) in [7, 11) is 1.60. The van der Waals surface area contributed by atoms with Crippen LogP contribution in [-0.4, -0.2) is 45.9 Å². The first-order chi connectivity index (χ1) is 13.7. The van der Waals surface area contributed by atoms with Gasteiger partial charge in [0.25, 0.3) is 0 Å². The van der Waals surface area contributed by atoms with E-state index in [2.05, 4.69) is 20.4 Å². The second-order valence-electron chi connectivity index (χ2n) is 6.91. The summed E-state index contributed by atoms with van der Waals surface area (Å²) >= 11 is 0. The monoisotopic (exact) mass is 380 g/mol. The van der Waals surface area contributed by atoms with Crippen molar-refractivity contribution in [2.24, 2.45) is 0 Å². The van der Waals surface area contributed by atoms with Crippen molar-refractivity contribution >= 4 is 23.1 Å². The molecule has 2 aromatic heterocycles. The van der Waals surface area contributed by atoms with Crippen LogP contribution in [-0.2, 0) is 11.2 Å². The van der Waals surface area contributed by atoms with E-state index >= 15 is 0 Å². The lowest BCUT2D eigenvalue weighted by atomic mass is 10.1. The molecule has 0 aliphatic carbocycles. The standard InChI is InChI=1S/C20H24N6O2/c1-28-16-7-5-6-15(14-16)21-20(27)11-10-18-23-22-17-8-9-19(24-26(17)18)25-12-3-2-4-13-25/h5-9,14H,2-4,10-13H2,1H3,(H,21,27). The van der Waals surface area contributed by atoms with Crippen LogP contribution in [0.5, 0.6) is 5.75 Å². The first-order valence-electron chi connectivity index (χ1n) is 9.63. The van der Waals surface area contributed by atoms with Gasteiger partial charge in [0.1, 0.15) is 11.6 Å². The number of carbonyl (C=O) groups is 1. The van der Waals surface area contributed by atoms with Crippen molar-refractivity contribution in [2.45, 2.75) is 32.1 Å². The average Bonchev–Trinajstić information content (AvgIpc) is 3.15. The van der Waals surface area contributed by atoms with Crippen molar-refractivity contribution in [3.05, 3.63) is 42.2 Å². The summed E-state index contributed by atoms with van der Waals surface area (Å²) in [5.41, 5.74) is 1.41.